The monoisotopic (exact) mass is 463 g/mol. The van der Waals surface area contributed by atoms with Crippen molar-refractivity contribution in [2.45, 2.75) is 44.8 Å². The quantitative estimate of drug-likeness (QED) is 0.406. The highest BCUT2D eigenvalue weighted by Gasteiger charge is 2.19. The summed E-state index contributed by atoms with van der Waals surface area (Å²) in [4.78, 5) is 20.7. The topological polar surface area (TPSA) is 95.8 Å². The van der Waals surface area contributed by atoms with E-state index in [4.69, 9.17) is 9.97 Å². The van der Waals surface area contributed by atoms with Gasteiger partial charge in [-0.2, -0.15) is 0 Å². The minimum absolute atomic E-state index is 0.0252. The van der Waals surface area contributed by atoms with Gasteiger partial charge >= 0.3 is 5.97 Å². The second-order valence-corrected chi connectivity index (χ2v) is 8.52. The molecule has 1 heterocycles. The first-order valence-electron chi connectivity index (χ1n) is 10.2. The van der Waals surface area contributed by atoms with Crippen molar-refractivity contribution in [3.8, 4) is 11.3 Å². The van der Waals surface area contributed by atoms with Crippen LogP contribution in [-0.4, -0.2) is 58.8 Å². The second-order valence-electron chi connectivity index (χ2n) is 7.61. The molecule has 2 aromatic rings. The number of aromatic nitrogens is 2. The molecule has 0 saturated carbocycles. The van der Waals surface area contributed by atoms with Gasteiger partial charge in [-0.05, 0) is 30.2 Å². The lowest BCUT2D eigenvalue weighted by molar-refractivity contribution is -0.143. The van der Waals surface area contributed by atoms with Crippen LogP contribution >= 0.6 is 11.9 Å². The number of ether oxygens (including phenoxy) is 1. The lowest BCUT2D eigenvalue weighted by atomic mass is 9.97. The number of hydrogen-bond acceptors (Lipinski definition) is 8. The molecule has 1 aromatic heterocycles. The number of rotatable bonds is 10. The molecule has 0 spiro atoms. The molecule has 2 rings (SSSR count). The van der Waals surface area contributed by atoms with Gasteiger partial charge in [0.2, 0.25) is 5.95 Å². The van der Waals surface area contributed by atoms with Crippen LogP contribution in [0.2, 0.25) is 0 Å². The Hall–Kier alpha value is -2.49. The molecular weight excluding hydrogens is 433 g/mol. The number of carbonyl (C=O) groups is 1. The molecule has 2 atom stereocenters. The number of esters is 1. The fourth-order valence-corrected chi connectivity index (χ4v) is 3.30. The van der Waals surface area contributed by atoms with Crippen molar-refractivity contribution in [3.05, 3.63) is 47.4 Å². The van der Waals surface area contributed by atoms with E-state index in [1.165, 1.54) is 37.3 Å². The van der Waals surface area contributed by atoms with Gasteiger partial charge in [-0.3, -0.25) is 9.10 Å². The van der Waals surface area contributed by atoms with Crippen LogP contribution in [0.1, 0.15) is 43.9 Å². The van der Waals surface area contributed by atoms with Gasteiger partial charge in [0.25, 0.3) is 0 Å². The fraction of sp³-hybridized carbons (Fsp3) is 0.435. The molecule has 7 nitrogen and oxygen atoms in total. The third-order valence-corrected chi connectivity index (χ3v) is 5.52. The number of aliphatic hydroxyl groups is 2. The molecule has 0 bridgehead atoms. The summed E-state index contributed by atoms with van der Waals surface area (Å²) in [6.07, 6.45) is 2.92. The van der Waals surface area contributed by atoms with Crippen molar-refractivity contribution in [2.75, 3.05) is 24.7 Å². The molecule has 0 aliphatic heterocycles. The van der Waals surface area contributed by atoms with E-state index in [1.807, 2.05) is 31.5 Å². The molecule has 2 unspecified atom stereocenters. The van der Waals surface area contributed by atoms with Crippen molar-refractivity contribution in [1.29, 1.82) is 0 Å². The summed E-state index contributed by atoms with van der Waals surface area (Å²) in [5.41, 5.74) is 2.80. The Morgan fingerprint density at radius 2 is 1.91 bits per heavy atom. The zero-order chi connectivity index (χ0) is 23.8. The molecule has 174 valence electrons. The highest BCUT2D eigenvalue weighted by Crippen LogP contribution is 2.32. The number of nitrogens with zero attached hydrogens (tertiary/aromatic N) is 3. The summed E-state index contributed by atoms with van der Waals surface area (Å²) in [5.74, 6) is -0.323. The maximum absolute atomic E-state index is 13.5. The first kappa shape index (κ1) is 25.8. The second kappa shape index (κ2) is 11.9. The summed E-state index contributed by atoms with van der Waals surface area (Å²) in [6.45, 7) is 4.01. The van der Waals surface area contributed by atoms with Gasteiger partial charge in [-0.15, -0.1) is 0 Å². The van der Waals surface area contributed by atoms with Gasteiger partial charge in [0.1, 0.15) is 5.82 Å². The Bertz CT molecular complexity index is 938. The maximum Gasteiger partial charge on any atom is 0.308 e. The van der Waals surface area contributed by atoms with Gasteiger partial charge < -0.3 is 14.9 Å². The van der Waals surface area contributed by atoms with Gasteiger partial charge in [-0.1, -0.05) is 37.9 Å². The van der Waals surface area contributed by atoms with Crippen LogP contribution in [0.25, 0.3) is 17.3 Å². The smallest absolute Gasteiger partial charge is 0.308 e. The van der Waals surface area contributed by atoms with Crippen molar-refractivity contribution in [3.63, 3.8) is 0 Å². The average molecular weight is 464 g/mol. The van der Waals surface area contributed by atoms with Crippen LogP contribution in [0.5, 0.6) is 0 Å². The summed E-state index contributed by atoms with van der Waals surface area (Å²) >= 11 is 1.47. The Morgan fingerprint density at radius 1 is 1.25 bits per heavy atom. The van der Waals surface area contributed by atoms with Crippen LogP contribution in [0, 0.1) is 5.82 Å². The Balaban J connectivity index is 2.47. The zero-order valence-electron chi connectivity index (χ0n) is 18.9. The van der Waals surface area contributed by atoms with Crippen LogP contribution in [0.3, 0.4) is 0 Å². The largest absolute Gasteiger partial charge is 0.469 e. The van der Waals surface area contributed by atoms with E-state index in [9.17, 15) is 19.4 Å². The normalized spacial score (nSPS) is 13.4. The molecule has 2 N–H and O–H groups in total. The lowest BCUT2D eigenvalue weighted by Gasteiger charge is -2.20. The third kappa shape index (κ3) is 7.01. The van der Waals surface area contributed by atoms with E-state index in [-0.39, 0.29) is 24.6 Å². The van der Waals surface area contributed by atoms with Crippen molar-refractivity contribution >= 4 is 29.9 Å². The fourth-order valence-electron chi connectivity index (χ4n) is 3.05. The number of methoxy groups -OCH3 is 1. The van der Waals surface area contributed by atoms with Crippen molar-refractivity contribution in [2.24, 2.45) is 0 Å². The average Bonchev–Trinajstić information content (AvgIpc) is 2.76. The molecule has 0 saturated heterocycles. The van der Waals surface area contributed by atoms with Gasteiger partial charge in [0, 0.05) is 30.9 Å². The number of hydrogen-bond donors (Lipinski definition) is 2. The standard InChI is InChI=1S/C23H30FN3O4S/c1-14(2)21-19(11-10-17(28)12-18(29)13-20(30)31-4)22(15-6-8-16(24)9-7-15)26-23(25-21)27(3)32-5/h6-11,14,17-18,28-29H,12-13H2,1-5H3/b11-10+. The van der Waals surface area contributed by atoms with Crippen LogP contribution in [0.15, 0.2) is 30.3 Å². The highest BCUT2D eigenvalue weighted by molar-refractivity contribution is 7.99. The Labute approximate surface area is 192 Å². The predicted octanol–water partition coefficient (Wildman–Crippen LogP) is 3.81. The highest BCUT2D eigenvalue weighted by atomic mass is 32.2. The van der Waals surface area contributed by atoms with Gasteiger partial charge in [0.15, 0.2) is 0 Å². The van der Waals surface area contributed by atoms with E-state index < -0.39 is 18.2 Å². The molecule has 32 heavy (non-hydrogen) atoms. The zero-order valence-corrected chi connectivity index (χ0v) is 19.8. The summed E-state index contributed by atoms with van der Waals surface area (Å²) in [5, 5.41) is 20.4. The SMILES string of the molecule is COC(=O)CC(O)CC(O)/C=C/c1c(-c2ccc(F)cc2)nc(N(C)SC)nc1C(C)C. The summed E-state index contributed by atoms with van der Waals surface area (Å²) in [7, 11) is 3.11. The summed E-state index contributed by atoms with van der Waals surface area (Å²) < 4.78 is 19.9. The molecular formula is C23H30FN3O4S. The number of benzene rings is 1. The van der Waals surface area contributed by atoms with Crippen LogP contribution in [-0.2, 0) is 9.53 Å². The minimum Gasteiger partial charge on any atom is -0.469 e. The Morgan fingerprint density at radius 3 is 2.47 bits per heavy atom. The number of anilines is 1. The van der Waals surface area contributed by atoms with E-state index in [2.05, 4.69) is 4.74 Å². The number of carbonyl (C=O) groups excluding carboxylic acids is 1. The van der Waals surface area contributed by atoms with E-state index >= 15 is 0 Å². The first-order valence-corrected chi connectivity index (χ1v) is 11.4. The molecule has 0 aliphatic rings. The number of aliphatic hydroxyl groups excluding tert-OH is 2. The lowest BCUT2D eigenvalue weighted by Crippen LogP contribution is -2.20. The molecule has 0 aliphatic carbocycles. The molecule has 0 amide bonds. The number of halogens is 1. The molecule has 9 heteroatoms. The predicted molar refractivity (Wildman–Crippen MR) is 126 cm³/mol. The van der Waals surface area contributed by atoms with Gasteiger partial charge in [0.05, 0.1) is 37.1 Å². The van der Waals surface area contributed by atoms with Crippen LogP contribution in [0.4, 0.5) is 10.3 Å². The summed E-state index contributed by atoms with van der Waals surface area (Å²) in [6, 6.07) is 6.04. The van der Waals surface area contributed by atoms with E-state index in [0.717, 1.165) is 5.69 Å². The first-order chi connectivity index (χ1) is 15.2. The molecule has 0 fully saturated rings. The van der Waals surface area contributed by atoms with Crippen molar-refractivity contribution < 1.29 is 24.1 Å². The Kier molecular flexibility index (Phi) is 9.61. The van der Waals surface area contributed by atoms with E-state index in [0.29, 0.717) is 22.8 Å². The maximum atomic E-state index is 13.5. The van der Waals surface area contributed by atoms with E-state index in [1.54, 1.807) is 18.2 Å². The van der Waals surface area contributed by atoms with Gasteiger partial charge in [-0.25, -0.2) is 14.4 Å². The third-order valence-electron chi connectivity index (χ3n) is 4.81. The minimum atomic E-state index is -1.03. The molecule has 0 radical (unpaired) electrons. The van der Waals surface area contributed by atoms with Crippen LogP contribution < -0.4 is 4.31 Å². The van der Waals surface area contributed by atoms with Crippen molar-refractivity contribution in [1.82, 2.24) is 9.97 Å². The molecule has 1 aromatic carbocycles.